The van der Waals surface area contributed by atoms with Crippen molar-refractivity contribution < 1.29 is 9.59 Å². The van der Waals surface area contributed by atoms with E-state index >= 15 is 0 Å². The van der Waals surface area contributed by atoms with E-state index in [-0.39, 0.29) is 11.8 Å². The number of aryl methyl sites for hydroxylation is 1. The monoisotopic (exact) mass is 483 g/mol. The largest absolute Gasteiger partial charge is 0.342 e. The number of piperidine rings is 1. The first-order valence-corrected chi connectivity index (χ1v) is 13.5. The van der Waals surface area contributed by atoms with Crippen LogP contribution in [0.2, 0.25) is 0 Å². The predicted octanol–water partition coefficient (Wildman–Crippen LogP) is 5.14. The summed E-state index contributed by atoms with van der Waals surface area (Å²) in [7, 11) is 1.82. The van der Waals surface area contributed by atoms with E-state index in [4.69, 9.17) is 0 Å². The van der Waals surface area contributed by atoms with E-state index in [0.29, 0.717) is 23.3 Å². The van der Waals surface area contributed by atoms with Crippen molar-refractivity contribution in [1.82, 2.24) is 19.7 Å². The van der Waals surface area contributed by atoms with E-state index in [1.807, 2.05) is 36.0 Å². The minimum Gasteiger partial charge on any atom is -0.342 e. The Morgan fingerprint density at radius 3 is 2.61 bits per heavy atom. The third kappa shape index (κ3) is 4.89. The van der Waals surface area contributed by atoms with Gasteiger partial charge in [0.15, 0.2) is 0 Å². The molecule has 174 valence electrons. The first kappa shape index (κ1) is 22.3. The van der Waals surface area contributed by atoms with Crippen LogP contribution in [-0.4, -0.2) is 44.6 Å². The third-order valence-electron chi connectivity index (χ3n) is 6.76. The fraction of sp³-hybridized carbons (Fsp3) is 0.500. The van der Waals surface area contributed by atoms with E-state index in [1.54, 1.807) is 27.4 Å². The van der Waals surface area contributed by atoms with E-state index in [2.05, 4.69) is 20.3 Å². The lowest BCUT2D eigenvalue weighted by molar-refractivity contribution is -0.137. The van der Waals surface area contributed by atoms with Crippen LogP contribution in [0.25, 0.3) is 10.6 Å². The van der Waals surface area contributed by atoms with Crippen LogP contribution >= 0.6 is 22.7 Å². The van der Waals surface area contributed by atoms with Gasteiger partial charge in [-0.3, -0.25) is 14.3 Å². The Bertz CT molecular complexity index is 1110. The molecule has 0 bridgehead atoms. The zero-order valence-electron chi connectivity index (χ0n) is 18.8. The van der Waals surface area contributed by atoms with Crippen LogP contribution in [0.15, 0.2) is 29.0 Å². The van der Waals surface area contributed by atoms with Gasteiger partial charge in [0.2, 0.25) is 5.91 Å². The SMILES string of the molecule is Cn1nc(-c2cccs2)cc1NC(=O)c1csc(C2CCN(C(=O)C3CCCCC3)CC2)n1. The molecule has 1 saturated heterocycles. The van der Waals surface area contributed by atoms with Crippen molar-refractivity contribution in [3.63, 3.8) is 0 Å². The lowest BCUT2D eigenvalue weighted by atomic mass is 9.87. The molecule has 1 N–H and O–H groups in total. The number of nitrogens with one attached hydrogen (secondary N) is 1. The second-order valence-electron chi connectivity index (χ2n) is 8.98. The topological polar surface area (TPSA) is 80.1 Å². The molecule has 33 heavy (non-hydrogen) atoms. The van der Waals surface area contributed by atoms with Gasteiger partial charge in [-0.1, -0.05) is 25.3 Å². The van der Waals surface area contributed by atoms with Gasteiger partial charge in [0.05, 0.1) is 9.88 Å². The molecule has 1 aliphatic carbocycles. The zero-order valence-corrected chi connectivity index (χ0v) is 20.5. The molecule has 3 aromatic rings. The highest BCUT2D eigenvalue weighted by Crippen LogP contribution is 2.33. The maximum atomic E-state index is 12.8. The highest BCUT2D eigenvalue weighted by Gasteiger charge is 2.30. The van der Waals surface area contributed by atoms with Crippen molar-refractivity contribution in [2.75, 3.05) is 18.4 Å². The summed E-state index contributed by atoms with van der Waals surface area (Å²) in [6.07, 6.45) is 7.57. The minimum absolute atomic E-state index is 0.219. The second-order valence-corrected chi connectivity index (χ2v) is 10.8. The summed E-state index contributed by atoms with van der Waals surface area (Å²) in [5.74, 6) is 1.33. The standard InChI is InChI=1S/C24H29N5O2S2/c1-28-21(14-18(27-28)20-8-5-13-32-20)26-22(30)19-15-33-23(25-19)16-9-11-29(12-10-16)24(31)17-6-3-2-4-7-17/h5,8,13-17H,2-4,6-7,9-12H2,1H3,(H,26,30). The summed E-state index contributed by atoms with van der Waals surface area (Å²) < 4.78 is 1.68. The Kier molecular flexibility index (Phi) is 6.59. The van der Waals surface area contributed by atoms with Crippen LogP contribution in [0.1, 0.15) is 66.4 Å². The van der Waals surface area contributed by atoms with Crippen LogP contribution < -0.4 is 5.32 Å². The van der Waals surface area contributed by atoms with Gasteiger partial charge >= 0.3 is 0 Å². The quantitative estimate of drug-likeness (QED) is 0.545. The summed E-state index contributed by atoms with van der Waals surface area (Å²) in [5, 5.41) is 12.3. The molecule has 2 amide bonds. The van der Waals surface area contributed by atoms with E-state index < -0.39 is 0 Å². The van der Waals surface area contributed by atoms with Crippen LogP contribution in [-0.2, 0) is 11.8 Å². The molecule has 3 aromatic heterocycles. The van der Waals surface area contributed by atoms with Crippen molar-refractivity contribution in [3.8, 4) is 10.6 Å². The molecule has 9 heteroatoms. The Balaban J connectivity index is 1.18. The second kappa shape index (κ2) is 9.77. The number of nitrogens with zero attached hydrogens (tertiary/aromatic N) is 4. The van der Waals surface area contributed by atoms with Gasteiger partial charge < -0.3 is 10.2 Å². The minimum atomic E-state index is -0.219. The summed E-state index contributed by atoms with van der Waals surface area (Å²) in [5.41, 5.74) is 1.28. The van der Waals surface area contributed by atoms with Gasteiger partial charge in [-0.05, 0) is 37.1 Å². The van der Waals surface area contributed by atoms with Gasteiger partial charge in [-0.15, -0.1) is 22.7 Å². The number of anilines is 1. The maximum absolute atomic E-state index is 12.8. The van der Waals surface area contributed by atoms with Gasteiger partial charge in [-0.2, -0.15) is 5.10 Å². The molecule has 5 rings (SSSR count). The normalized spacial score (nSPS) is 17.9. The molecule has 4 heterocycles. The molecule has 7 nitrogen and oxygen atoms in total. The Labute approximate surface area is 201 Å². The number of rotatable bonds is 5. The van der Waals surface area contributed by atoms with Crippen molar-refractivity contribution in [3.05, 3.63) is 39.7 Å². The molecule has 2 fully saturated rings. The summed E-state index contributed by atoms with van der Waals surface area (Å²) >= 11 is 3.16. The lowest BCUT2D eigenvalue weighted by Crippen LogP contribution is -2.41. The average molecular weight is 484 g/mol. The number of carbonyl (C=O) groups excluding carboxylic acids is 2. The van der Waals surface area contributed by atoms with Gasteiger partial charge in [-0.25, -0.2) is 4.98 Å². The molecule has 1 saturated carbocycles. The van der Waals surface area contributed by atoms with E-state index in [1.165, 1.54) is 19.3 Å². The number of hydrogen-bond donors (Lipinski definition) is 1. The van der Waals surface area contributed by atoms with Crippen LogP contribution in [0.4, 0.5) is 5.82 Å². The molecular weight excluding hydrogens is 454 g/mol. The lowest BCUT2D eigenvalue weighted by Gasteiger charge is -2.34. The Hall–Kier alpha value is -2.52. The van der Waals surface area contributed by atoms with Crippen LogP contribution in [0.3, 0.4) is 0 Å². The number of likely N-dealkylation sites (tertiary alicyclic amines) is 1. The van der Waals surface area contributed by atoms with E-state index in [9.17, 15) is 9.59 Å². The average Bonchev–Trinajstić information content (AvgIpc) is 3.61. The highest BCUT2D eigenvalue weighted by molar-refractivity contribution is 7.13. The number of carbonyl (C=O) groups is 2. The molecule has 0 unspecified atom stereocenters. The van der Waals surface area contributed by atoms with Crippen molar-refractivity contribution in [1.29, 1.82) is 0 Å². The van der Waals surface area contributed by atoms with Gasteiger partial charge in [0.1, 0.15) is 17.2 Å². The first-order valence-electron chi connectivity index (χ1n) is 11.7. The van der Waals surface area contributed by atoms with Crippen molar-refractivity contribution in [2.45, 2.75) is 50.9 Å². The zero-order chi connectivity index (χ0) is 22.8. The number of aromatic nitrogens is 3. The molecule has 2 aliphatic rings. The van der Waals surface area contributed by atoms with Gasteiger partial charge in [0, 0.05) is 43.4 Å². The fourth-order valence-corrected chi connectivity index (χ4v) is 6.50. The van der Waals surface area contributed by atoms with Crippen molar-refractivity contribution in [2.24, 2.45) is 13.0 Å². The van der Waals surface area contributed by atoms with Crippen molar-refractivity contribution >= 4 is 40.3 Å². The fourth-order valence-electron chi connectivity index (χ4n) is 4.84. The number of hydrogen-bond acceptors (Lipinski definition) is 6. The summed E-state index contributed by atoms with van der Waals surface area (Å²) in [6.45, 7) is 1.59. The maximum Gasteiger partial charge on any atom is 0.276 e. The molecule has 0 aromatic carbocycles. The number of amides is 2. The third-order valence-corrected chi connectivity index (χ3v) is 8.66. The molecule has 0 spiro atoms. The first-order chi connectivity index (χ1) is 16.1. The highest BCUT2D eigenvalue weighted by atomic mass is 32.1. The van der Waals surface area contributed by atoms with Crippen LogP contribution in [0.5, 0.6) is 0 Å². The molecule has 0 atom stereocenters. The van der Waals surface area contributed by atoms with Crippen LogP contribution in [0, 0.1) is 5.92 Å². The Morgan fingerprint density at radius 2 is 1.88 bits per heavy atom. The van der Waals surface area contributed by atoms with Gasteiger partial charge in [0.25, 0.3) is 5.91 Å². The summed E-state index contributed by atoms with van der Waals surface area (Å²) in [4.78, 5) is 33.4. The predicted molar refractivity (Wildman–Crippen MR) is 132 cm³/mol. The summed E-state index contributed by atoms with van der Waals surface area (Å²) in [6, 6.07) is 5.88. The smallest absolute Gasteiger partial charge is 0.276 e. The number of thiazole rings is 1. The molecular formula is C24H29N5O2S2. The number of thiophene rings is 1. The molecule has 1 aliphatic heterocycles. The molecule has 0 radical (unpaired) electrons. The van der Waals surface area contributed by atoms with E-state index in [0.717, 1.165) is 54.4 Å². The Morgan fingerprint density at radius 1 is 1.09 bits per heavy atom.